The fraction of sp³-hybridized carbons (Fsp3) is 0.300. The Hall–Kier alpha value is -2.69. The summed E-state index contributed by atoms with van der Waals surface area (Å²) in [4.78, 5) is 11.8. The van der Waals surface area contributed by atoms with Gasteiger partial charge in [0.05, 0.1) is 5.71 Å². The first-order valence-corrected chi connectivity index (χ1v) is 8.08. The summed E-state index contributed by atoms with van der Waals surface area (Å²) in [6.45, 7) is 8.02. The van der Waals surface area contributed by atoms with Gasteiger partial charge in [0.15, 0.2) is 6.61 Å². The van der Waals surface area contributed by atoms with E-state index in [-0.39, 0.29) is 23.7 Å². The number of hydrogen-bond acceptors (Lipinski definition) is 3. The second-order valence-corrected chi connectivity index (χ2v) is 6.80. The summed E-state index contributed by atoms with van der Waals surface area (Å²) in [6, 6.07) is 13.6. The standard InChI is InChI=1S/C20H23FN2O2/c1-14(15-5-9-17(21)10-6-15)22-23-19(24)13-25-18-11-7-16(8-12-18)20(2,3)4/h5-12H,13H2,1-4H3,(H,23,24). The zero-order chi connectivity index (χ0) is 18.4. The molecule has 0 heterocycles. The minimum Gasteiger partial charge on any atom is -0.484 e. The Morgan fingerprint density at radius 2 is 1.68 bits per heavy atom. The Kier molecular flexibility index (Phi) is 5.91. The van der Waals surface area contributed by atoms with Crippen molar-refractivity contribution >= 4 is 11.6 Å². The number of nitrogens with one attached hydrogen (secondary N) is 1. The topological polar surface area (TPSA) is 50.7 Å². The SMILES string of the molecule is CC(=NNC(=O)COc1ccc(C(C)(C)C)cc1)c1ccc(F)cc1. The lowest BCUT2D eigenvalue weighted by molar-refractivity contribution is -0.123. The Morgan fingerprint density at radius 1 is 1.08 bits per heavy atom. The van der Waals surface area contributed by atoms with Crippen LogP contribution in [0.15, 0.2) is 53.6 Å². The van der Waals surface area contributed by atoms with Gasteiger partial charge in [0.25, 0.3) is 5.91 Å². The molecule has 0 unspecified atom stereocenters. The van der Waals surface area contributed by atoms with E-state index in [2.05, 4.69) is 31.3 Å². The highest BCUT2D eigenvalue weighted by atomic mass is 19.1. The molecule has 5 heteroatoms. The Labute approximate surface area is 147 Å². The molecule has 1 amide bonds. The number of benzene rings is 2. The molecule has 0 saturated heterocycles. The zero-order valence-electron chi connectivity index (χ0n) is 15.0. The van der Waals surface area contributed by atoms with Gasteiger partial charge < -0.3 is 4.74 Å². The predicted octanol–water partition coefficient (Wildman–Crippen LogP) is 4.04. The van der Waals surface area contributed by atoms with Crippen molar-refractivity contribution in [1.82, 2.24) is 5.43 Å². The summed E-state index contributed by atoms with van der Waals surface area (Å²) < 4.78 is 18.3. The second-order valence-electron chi connectivity index (χ2n) is 6.80. The predicted molar refractivity (Wildman–Crippen MR) is 97.4 cm³/mol. The molecular formula is C20H23FN2O2. The van der Waals surface area contributed by atoms with Crippen LogP contribution in [0.2, 0.25) is 0 Å². The monoisotopic (exact) mass is 342 g/mol. The molecule has 0 aliphatic rings. The maximum atomic E-state index is 12.9. The molecule has 0 spiro atoms. The highest BCUT2D eigenvalue weighted by Crippen LogP contribution is 2.24. The van der Waals surface area contributed by atoms with Crippen molar-refractivity contribution < 1.29 is 13.9 Å². The van der Waals surface area contributed by atoms with Crippen molar-refractivity contribution in [2.24, 2.45) is 5.10 Å². The minimum absolute atomic E-state index is 0.0719. The van der Waals surface area contributed by atoms with E-state index in [1.54, 1.807) is 19.1 Å². The van der Waals surface area contributed by atoms with Gasteiger partial charge in [0.1, 0.15) is 11.6 Å². The first kappa shape index (κ1) is 18.6. The van der Waals surface area contributed by atoms with Gasteiger partial charge in [-0.05, 0) is 47.7 Å². The molecule has 2 aromatic rings. The van der Waals surface area contributed by atoms with Crippen molar-refractivity contribution in [2.75, 3.05) is 6.61 Å². The number of hydrogen-bond donors (Lipinski definition) is 1. The summed E-state index contributed by atoms with van der Waals surface area (Å²) in [6.07, 6.45) is 0. The second kappa shape index (κ2) is 7.92. The summed E-state index contributed by atoms with van der Waals surface area (Å²) in [5, 5.41) is 4.00. The first-order chi connectivity index (χ1) is 11.8. The molecule has 0 saturated carbocycles. The van der Waals surface area contributed by atoms with Crippen molar-refractivity contribution in [3.8, 4) is 5.75 Å². The number of rotatable bonds is 5. The molecule has 4 nitrogen and oxygen atoms in total. The van der Waals surface area contributed by atoms with E-state index in [1.165, 1.54) is 17.7 Å². The number of hydrazone groups is 1. The maximum absolute atomic E-state index is 12.9. The van der Waals surface area contributed by atoms with Crippen molar-refractivity contribution in [1.29, 1.82) is 0 Å². The molecule has 0 aromatic heterocycles. The number of carbonyl (C=O) groups excluding carboxylic acids is 1. The number of nitrogens with zero attached hydrogens (tertiary/aromatic N) is 1. The highest BCUT2D eigenvalue weighted by molar-refractivity contribution is 5.99. The Bertz CT molecular complexity index is 745. The van der Waals surface area contributed by atoms with Crippen LogP contribution in [-0.2, 0) is 10.2 Å². The third kappa shape index (κ3) is 5.71. The summed E-state index contributed by atoms with van der Waals surface area (Å²) >= 11 is 0. The lowest BCUT2D eigenvalue weighted by Crippen LogP contribution is -2.25. The Balaban J connectivity index is 1.86. The van der Waals surface area contributed by atoms with E-state index >= 15 is 0 Å². The van der Waals surface area contributed by atoms with Crippen LogP contribution in [0.4, 0.5) is 4.39 Å². The zero-order valence-corrected chi connectivity index (χ0v) is 15.0. The fourth-order valence-corrected chi connectivity index (χ4v) is 2.13. The maximum Gasteiger partial charge on any atom is 0.277 e. The molecule has 0 aliphatic carbocycles. The normalized spacial score (nSPS) is 12.0. The largest absolute Gasteiger partial charge is 0.484 e. The average Bonchev–Trinajstić information content (AvgIpc) is 2.58. The van der Waals surface area contributed by atoms with Crippen LogP contribution in [-0.4, -0.2) is 18.2 Å². The van der Waals surface area contributed by atoms with Crippen LogP contribution < -0.4 is 10.2 Å². The molecule has 0 fully saturated rings. The molecule has 0 bridgehead atoms. The van der Waals surface area contributed by atoms with Gasteiger partial charge in [-0.15, -0.1) is 0 Å². The third-order valence-corrected chi connectivity index (χ3v) is 3.70. The van der Waals surface area contributed by atoms with Crippen molar-refractivity contribution in [3.05, 3.63) is 65.5 Å². The fourth-order valence-electron chi connectivity index (χ4n) is 2.13. The molecule has 0 radical (unpaired) electrons. The van der Waals surface area contributed by atoms with Crippen LogP contribution in [0.25, 0.3) is 0 Å². The van der Waals surface area contributed by atoms with Crippen LogP contribution >= 0.6 is 0 Å². The van der Waals surface area contributed by atoms with Gasteiger partial charge in [0, 0.05) is 0 Å². The van der Waals surface area contributed by atoms with E-state index in [1.807, 2.05) is 24.3 Å². The summed E-state index contributed by atoms with van der Waals surface area (Å²) in [7, 11) is 0. The van der Waals surface area contributed by atoms with E-state index in [0.29, 0.717) is 11.5 Å². The Morgan fingerprint density at radius 3 is 2.24 bits per heavy atom. The van der Waals surface area contributed by atoms with Gasteiger partial charge in [0.2, 0.25) is 0 Å². The van der Waals surface area contributed by atoms with Crippen molar-refractivity contribution in [2.45, 2.75) is 33.1 Å². The van der Waals surface area contributed by atoms with E-state index in [9.17, 15) is 9.18 Å². The molecule has 1 N–H and O–H groups in total. The molecule has 0 atom stereocenters. The molecule has 25 heavy (non-hydrogen) atoms. The van der Waals surface area contributed by atoms with Crippen LogP contribution in [0.3, 0.4) is 0 Å². The van der Waals surface area contributed by atoms with Gasteiger partial charge >= 0.3 is 0 Å². The summed E-state index contributed by atoms with van der Waals surface area (Å²) in [5.74, 6) is -0.0461. The van der Waals surface area contributed by atoms with Crippen molar-refractivity contribution in [3.63, 3.8) is 0 Å². The third-order valence-electron chi connectivity index (χ3n) is 3.70. The first-order valence-electron chi connectivity index (χ1n) is 8.08. The highest BCUT2D eigenvalue weighted by Gasteiger charge is 2.13. The number of halogens is 1. The molecule has 132 valence electrons. The lowest BCUT2D eigenvalue weighted by atomic mass is 9.87. The minimum atomic E-state index is -0.360. The molecule has 2 rings (SSSR count). The van der Waals surface area contributed by atoms with E-state index in [4.69, 9.17) is 4.74 Å². The number of ether oxygens (including phenoxy) is 1. The van der Waals surface area contributed by atoms with Gasteiger partial charge in [-0.25, -0.2) is 9.82 Å². The van der Waals surface area contributed by atoms with Gasteiger partial charge in [-0.3, -0.25) is 4.79 Å². The lowest BCUT2D eigenvalue weighted by Gasteiger charge is -2.19. The number of carbonyl (C=O) groups is 1. The summed E-state index contributed by atoms with van der Waals surface area (Å²) in [5.41, 5.74) is 5.02. The molecule has 2 aromatic carbocycles. The van der Waals surface area contributed by atoms with Crippen LogP contribution in [0, 0.1) is 5.82 Å². The molecular weight excluding hydrogens is 319 g/mol. The van der Waals surface area contributed by atoms with E-state index < -0.39 is 0 Å². The molecule has 0 aliphatic heterocycles. The van der Waals surface area contributed by atoms with Crippen LogP contribution in [0.5, 0.6) is 5.75 Å². The van der Waals surface area contributed by atoms with Crippen LogP contribution in [0.1, 0.15) is 38.8 Å². The van der Waals surface area contributed by atoms with E-state index in [0.717, 1.165) is 5.56 Å². The smallest absolute Gasteiger partial charge is 0.277 e. The van der Waals surface area contributed by atoms with Gasteiger partial charge in [-0.1, -0.05) is 45.0 Å². The quantitative estimate of drug-likeness (QED) is 0.658. The van der Waals surface area contributed by atoms with Gasteiger partial charge in [-0.2, -0.15) is 5.10 Å². The average molecular weight is 342 g/mol. The number of amides is 1.